The van der Waals surface area contributed by atoms with Gasteiger partial charge in [-0.15, -0.1) is 22.7 Å². The lowest BCUT2D eigenvalue weighted by molar-refractivity contribution is -0.115. The molecule has 3 aromatic heterocycles. The number of rotatable bonds is 4. The van der Waals surface area contributed by atoms with Crippen molar-refractivity contribution in [3.63, 3.8) is 0 Å². The average molecular weight is 326 g/mol. The van der Waals surface area contributed by atoms with Gasteiger partial charge in [-0.2, -0.15) is 5.26 Å². The fourth-order valence-corrected chi connectivity index (χ4v) is 3.37. The summed E-state index contributed by atoms with van der Waals surface area (Å²) >= 11 is 2.79. The van der Waals surface area contributed by atoms with Crippen LogP contribution in [0, 0.1) is 11.3 Å². The summed E-state index contributed by atoms with van der Waals surface area (Å²) in [6.07, 6.45) is 1.88. The summed E-state index contributed by atoms with van der Waals surface area (Å²) in [7, 11) is 0. The highest BCUT2D eigenvalue weighted by molar-refractivity contribution is 7.14. The summed E-state index contributed by atoms with van der Waals surface area (Å²) in [6, 6.07) is 9.36. The molecule has 0 fully saturated rings. The number of nitrogens with zero attached hydrogens (tertiary/aromatic N) is 3. The monoisotopic (exact) mass is 326 g/mol. The van der Waals surface area contributed by atoms with Crippen LogP contribution in [0.15, 0.2) is 41.2 Å². The number of hydrogen-bond donors (Lipinski definition) is 1. The maximum Gasteiger partial charge on any atom is 0.231 e. The number of anilines is 1. The number of thiophene rings is 1. The zero-order valence-electron chi connectivity index (χ0n) is 11.3. The van der Waals surface area contributed by atoms with E-state index >= 15 is 0 Å². The number of carbonyl (C=O) groups is 1. The van der Waals surface area contributed by atoms with Crippen molar-refractivity contribution >= 4 is 33.6 Å². The second kappa shape index (κ2) is 6.47. The molecule has 3 aromatic rings. The van der Waals surface area contributed by atoms with Gasteiger partial charge in [0.25, 0.3) is 0 Å². The first-order valence-corrected chi connectivity index (χ1v) is 8.15. The predicted octanol–water partition coefficient (Wildman–Crippen LogP) is 3.32. The van der Waals surface area contributed by atoms with E-state index in [1.54, 1.807) is 17.6 Å². The standard InChI is InChI=1S/C15H10N4OS2/c16-8-10-4-6-21-14(10)19-13(20)7-11-9-22-15(18-11)12-3-1-2-5-17-12/h1-6,9H,7H2,(H,19,20). The Morgan fingerprint density at radius 1 is 1.32 bits per heavy atom. The Morgan fingerprint density at radius 2 is 2.23 bits per heavy atom. The molecular formula is C15H10N4OS2. The van der Waals surface area contributed by atoms with Crippen molar-refractivity contribution in [3.8, 4) is 16.8 Å². The molecule has 0 spiro atoms. The Labute approximate surface area is 134 Å². The van der Waals surface area contributed by atoms with Gasteiger partial charge in [-0.25, -0.2) is 4.98 Å². The van der Waals surface area contributed by atoms with E-state index in [1.807, 2.05) is 29.6 Å². The third-order valence-corrected chi connectivity index (χ3v) is 4.56. The molecule has 0 bridgehead atoms. The molecule has 1 N–H and O–H groups in total. The molecule has 1 amide bonds. The molecule has 3 heterocycles. The van der Waals surface area contributed by atoms with E-state index < -0.39 is 0 Å². The molecule has 0 unspecified atom stereocenters. The van der Waals surface area contributed by atoms with Gasteiger partial charge in [0.15, 0.2) is 0 Å². The second-order valence-electron chi connectivity index (χ2n) is 4.36. The largest absolute Gasteiger partial charge is 0.316 e. The Kier molecular flexibility index (Phi) is 4.23. The van der Waals surface area contributed by atoms with Crippen LogP contribution in [-0.4, -0.2) is 15.9 Å². The molecule has 5 nitrogen and oxygen atoms in total. The van der Waals surface area contributed by atoms with Crippen LogP contribution in [0.1, 0.15) is 11.3 Å². The summed E-state index contributed by atoms with van der Waals surface area (Å²) in [6.45, 7) is 0. The number of amides is 1. The zero-order chi connectivity index (χ0) is 15.4. The lowest BCUT2D eigenvalue weighted by Crippen LogP contribution is -2.14. The molecule has 0 saturated carbocycles. The number of aromatic nitrogens is 2. The fourth-order valence-electron chi connectivity index (χ4n) is 1.82. The first-order valence-electron chi connectivity index (χ1n) is 6.39. The van der Waals surface area contributed by atoms with Gasteiger partial charge in [-0.3, -0.25) is 9.78 Å². The Balaban J connectivity index is 1.68. The molecule has 0 aliphatic rings. The van der Waals surface area contributed by atoms with Gasteiger partial charge in [-0.1, -0.05) is 6.07 Å². The lowest BCUT2D eigenvalue weighted by atomic mass is 10.3. The number of nitriles is 1. The van der Waals surface area contributed by atoms with Crippen LogP contribution in [0.3, 0.4) is 0 Å². The molecular weight excluding hydrogens is 316 g/mol. The molecule has 0 aromatic carbocycles. The minimum absolute atomic E-state index is 0.173. The quantitative estimate of drug-likeness (QED) is 0.797. The van der Waals surface area contributed by atoms with Gasteiger partial charge < -0.3 is 5.32 Å². The third kappa shape index (κ3) is 3.19. The zero-order valence-corrected chi connectivity index (χ0v) is 12.9. The van der Waals surface area contributed by atoms with E-state index in [4.69, 9.17) is 5.26 Å². The lowest BCUT2D eigenvalue weighted by Gasteiger charge is -2.01. The van der Waals surface area contributed by atoms with Crippen molar-refractivity contribution in [2.75, 3.05) is 5.32 Å². The van der Waals surface area contributed by atoms with E-state index in [-0.39, 0.29) is 12.3 Å². The molecule has 0 aliphatic heterocycles. The van der Waals surface area contributed by atoms with Crippen LogP contribution < -0.4 is 5.32 Å². The number of pyridine rings is 1. The van der Waals surface area contributed by atoms with Gasteiger partial charge >= 0.3 is 0 Å². The highest BCUT2D eigenvalue weighted by Gasteiger charge is 2.12. The Bertz CT molecular complexity index is 833. The second-order valence-corrected chi connectivity index (χ2v) is 6.13. The molecule has 0 saturated heterocycles. The van der Waals surface area contributed by atoms with Gasteiger partial charge in [0.2, 0.25) is 5.91 Å². The number of carbonyl (C=O) groups excluding carboxylic acids is 1. The van der Waals surface area contributed by atoms with Crippen LogP contribution in [0.5, 0.6) is 0 Å². The Hall–Kier alpha value is -2.56. The molecule has 22 heavy (non-hydrogen) atoms. The highest BCUT2D eigenvalue weighted by atomic mass is 32.1. The van der Waals surface area contributed by atoms with Gasteiger partial charge in [0.1, 0.15) is 16.1 Å². The number of hydrogen-bond acceptors (Lipinski definition) is 6. The Morgan fingerprint density at radius 3 is 3.00 bits per heavy atom. The van der Waals surface area contributed by atoms with E-state index in [9.17, 15) is 4.79 Å². The smallest absolute Gasteiger partial charge is 0.231 e. The normalized spacial score (nSPS) is 10.1. The summed E-state index contributed by atoms with van der Waals surface area (Å²) in [5.74, 6) is -0.183. The molecule has 108 valence electrons. The molecule has 0 aliphatic carbocycles. The van der Waals surface area contributed by atoms with Crippen molar-refractivity contribution < 1.29 is 4.79 Å². The number of nitrogens with one attached hydrogen (secondary N) is 1. The van der Waals surface area contributed by atoms with Crippen LogP contribution in [0.25, 0.3) is 10.7 Å². The minimum atomic E-state index is -0.183. The van der Waals surface area contributed by atoms with Gasteiger partial charge in [-0.05, 0) is 23.6 Å². The van der Waals surface area contributed by atoms with Gasteiger partial charge in [0, 0.05) is 11.6 Å². The maximum absolute atomic E-state index is 12.0. The van der Waals surface area contributed by atoms with Crippen LogP contribution in [-0.2, 0) is 11.2 Å². The van der Waals surface area contributed by atoms with Crippen molar-refractivity contribution in [2.45, 2.75) is 6.42 Å². The predicted molar refractivity (Wildman–Crippen MR) is 86.7 cm³/mol. The van der Waals surface area contributed by atoms with Crippen molar-refractivity contribution in [2.24, 2.45) is 0 Å². The maximum atomic E-state index is 12.0. The van der Waals surface area contributed by atoms with Gasteiger partial charge in [0.05, 0.1) is 23.4 Å². The first kappa shape index (κ1) is 14.4. The van der Waals surface area contributed by atoms with E-state index in [1.165, 1.54) is 22.7 Å². The van der Waals surface area contributed by atoms with E-state index in [2.05, 4.69) is 15.3 Å². The fraction of sp³-hybridized carbons (Fsp3) is 0.0667. The summed E-state index contributed by atoms with van der Waals surface area (Å²) < 4.78 is 0. The molecule has 3 rings (SSSR count). The summed E-state index contributed by atoms with van der Waals surface area (Å²) in [5, 5.41) is 16.7. The summed E-state index contributed by atoms with van der Waals surface area (Å²) in [4.78, 5) is 20.7. The van der Waals surface area contributed by atoms with Crippen molar-refractivity contribution in [1.82, 2.24) is 9.97 Å². The third-order valence-electron chi connectivity index (χ3n) is 2.82. The SMILES string of the molecule is N#Cc1ccsc1NC(=O)Cc1csc(-c2ccccn2)n1. The van der Waals surface area contributed by atoms with Crippen LogP contribution in [0.4, 0.5) is 5.00 Å². The molecule has 7 heteroatoms. The highest BCUT2D eigenvalue weighted by Crippen LogP contribution is 2.24. The minimum Gasteiger partial charge on any atom is -0.316 e. The van der Waals surface area contributed by atoms with Crippen molar-refractivity contribution in [3.05, 3.63) is 52.5 Å². The van der Waals surface area contributed by atoms with E-state index in [0.29, 0.717) is 16.3 Å². The number of thiazole rings is 1. The first-order chi connectivity index (χ1) is 10.8. The average Bonchev–Trinajstić information content (AvgIpc) is 3.17. The molecule has 0 radical (unpaired) electrons. The van der Waals surface area contributed by atoms with Crippen LogP contribution >= 0.6 is 22.7 Å². The summed E-state index contributed by atoms with van der Waals surface area (Å²) in [5.41, 5.74) is 1.97. The van der Waals surface area contributed by atoms with Crippen molar-refractivity contribution in [1.29, 1.82) is 5.26 Å². The topological polar surface area (TPSA) is 78.7 Å². The molecule has 0 atom stereocenters. The van der Waals surface area contributed by atoms with Crippen LogP contribution in [0.2, 0.25) is 0 Å². The van der Waals surface area contributed by atoms with E-state index in [0.717, 1.165) is 10.7 Å².